The molecular formula is C16H16F2O. The second-order valence-corrected chi connectivity index (χ2v) is 4.85. The molecule has 0 fully saturated rings. The third-order valence-electron chi connectivity index (χ3n) is 3.31. The summed E-state index contributed by atoms with van der Waals surface area (Å²) < 4.78 is 27.8. The Morgan fingerprint density at radius 2 is 1.63 bits per heavy atom. The fourth-order valence-electron chi connectivity index (χ4n) is 2.22. The van der Waals surface area contributed by atoms with Gasteiger partial charge < -0.3 is 5.11 Å². The van der Waals surface area contributed by atoms with Crippen molar-refractivity contribution in [2.75, 3.05) is 0 Å². The quantitative estimate of drug-likeness (QED) is 0.868. The molecule has 0 aliphatic rings. The van der Waals surface area contributed by atoms with E-state index in [0.29, 0.717) is 11.1 Å². The van der Waals surface area contributed by atoms with E-state index in [4.69, 9.17) is 0 Å². The Bertz CT molecular complexity index is 620. The molecule has 0 amide bonds. The van der Waals surface area contributed by atoms with Crippen LogP contribution in [0.5, 0.6) is 0 Å². The molecule has 3 heteroatoms. The maximum atomic E-state index is 14.0. The summed E-state index contributed by atoms with van der Waals surface area (Å²) in [6, 6.07) is 7.95. The Hall–Kier alpha value is -1.74. The van der Waals surface area contributed by atoms with Crippen molar-refractivity contribution in [3.8, 4) is 0 Å². The summed E-state index contributed by atoms with van der Waals surface area (Å²) in [7, 11) is 0. The summed E-state index contributed by atoms with van der Waals surface area (Å²) in [6.07, 6.45) is -1.29. The summed E-state index contributed by atoms with van der Waals surface area (Å²) in [5.41, 5.74) is 2.41. The van der Waals surface area contributed by atoms with Crippen LogP contribution in [0.1, 0.15) is 33.9 Å². The molecule has 2 aromatic carbocycles. The minimum Gasteiger partial charge on any atom is -0.383 e. The van der Waals surface area contributed by atoms with Gasteiger partial charge in [-0.05, 0) is 43.5 Å². The van der Waals surface area contributed by atoms with Gasteiger partial charge in [0.05, 0.1) is 5.56 Å². The first-order valence-corrected chi connectivity index (χ1v) is 6.11. The highest BCUT2D eigenvalue weighted by atomic mass is 19.1. The van der Waals surface area contributed by atoms with E-state index >= 15 is 0 Å². The van der Waals surface area contributed by atoms with Crippen molar-refractivity contribution in [3.05, 3.63) is 69.8 Å². The van der Waals surface area contributed by atoms with E-state index in [9.17, 15) is 13.9 Å². The lowest BCUT2D eigenvalue weighted by atomic mass is 9.94. The van der Waals surface area contributed by atoms with Crippen LogP contribution in [0, 0.1) is 32.4 Å². The Balaban J connectivity index is 2.56. The van der Waals surface area contributed by atoms with Gasteiger partial charge in [-0.3, -0.25) is 0 Å². The van der Waals surface area contributed by atoms with E-state index < -0.39 is 17.7 Å². The number of aryl methyl sites for hydroxylation is 3. The molecule has 0 bridgehead atoms. The smallest absolute Gasteiger partial charge is 0.135 e. The van der Waals surface area contributed by atoms with Crippen molar-refractivity contribution in [2.24, 2.45) is 0 Å². The van der Waals surface area contributed by atoms with Crippen LogP contribution in [-0.4, -0.2) is 5.11 Å². The average Bonchev–Trinajstić information content (AvgIpc) is 2.34. The molecular weight excluding hydrogens is 246 g/mol. The molecule has 1 nitrogen and oxygen atoms in total. The number of rotatable bonds is 2. The van der Waals surface area contributed by atoms with Gasteiger partial charge in [-0.2, -0.15) is 0 Å². The molecule has 0 saturated heterocycles. The van der Waals surface area contributed by atoms with Crippen molar-refractivity contribution in [1.82, 2.24) is 0 Å². The van der Waals surface area contributed by atoms with E-state index in [1.165, 1.54) is 12.1 Å². The van der Waals surface area contributed by atoms with Gasteiger partial charge in [-0.15, -0.1) is 0 Å². The monoisotopic (exact) mass is 262 g/mol. The highest BCUT2D eigenvalue weighted by Crippen LogP contribution is 2.30. The fourth-order valence-corrected chi connectivity index (χ4v) is 2.22. The van der Waals surface area contributed by atoms with Crippen molar-refractivity contribution in [2.45, 2.75) is 26.9 Å². The first kappa shape index (κ1) is 13.7. The predicted octanol–water partition coefficient (Wildman–Crippen LogP) is 3.97. The topological polar surface area (TPSA) is 20.2 Å². The molecule has 1 N–H and O–H groups in total. The van der Waals surface area contributed by atoms with E-state index in [0.717, 1.165) is 11.1 Å². The van der Waals surface area contributed by atoms with Gasteiger partial charge in [0.25, 0.3) is 0 Å². The molecule has 2 rings (SSSR count). The normalized spacial score (nSPS) is 12.5. The molecule has 0 aliphatic heterocycles. The zero-order valence-corrected chi connectivity index (χ0v) is 11.2. The molecule has 1 atom stereocenters. The lowest BCUT2D eigenvalue weighted by Crippen LogP contribution is -2.08. The van der Waals surface area contributed by atoms with Crippen LogP contribution in [0.2, 0.25) is 0 Å². The first-order chi connectivity index (χ1) is 8.91. The van der Waals surface area contributed by atoms with Crippen LogP contribution < -0.4 is 0 Å². The Morgan fingerprint density at radius 3 is 2.26 bits per heavy atom. The zero-order valence-electron chi connectivity index (χ0n) is 11.2. The van der Waals surface area contributed by atoms with Crippen molar-refractivity contribution in [1.29, 1.82) is 0 Å². The number of aliphatic hydroxyl groups excluding tert-OH is 1. The second-order valence-electron chi connectivity index (χ2n) is 4.85. The summed E-state index contributed by atoms with van der Waals surface area (Å²) in [6.45, 7) is 5.29. The molecule has 19 heavy (non-hydrogen) atoms. The summed E-state index contributed by atoms with van der Waals surface area (Å²) >= 11 is 0. The van der Waals surface area contributed by atoms with Crippen LogP contribution in [0.25, 0.3) is 0 Å². The Morgan fingerprint density at radius 1 is 0.947 bits per heavy atom. The van der Waals surface area contributed by atoms with Gasteiger partial charge in [-0.1, -0.05) is 29.8 Å². The minimum atomic E-state index is -1.29. The number of benzene rings is 2. The van der Waals surface area contributed by atoms with E-state index in [1.54, 1.807) is 13.0 Å². The number of aliphatic hydroxyl groups is 1. The molecule has 0 aromatic heterocycles. The van der Waals surface area contributed by atoms with Crippen LogP contribution in [-0.2, 0) is 0 Å². The number of hydrogen-bond donors (Lipinski definition) is 1. The third-order valence-corrected chi connectivity index (χ3v) is 3.31. The molecule has 2 aromatic rings. The van der Waals surface area contributed by atoms with E-state index in [1.807, 2.05) is 26.0 Å². The Kier molecular flexibility index (Phi) is 3.67. The van der Waals surface area contributed by atoms with Gasteiger partial charge >= 0.3 is 0 Å². The highest BCUT2D eigenvalue weighted by Gasteiger charge is 2.22. The van der Waals surface area contributed by atoms with Crippen molar-refractivity contribution >= 4 is 0 Å². The maximum absolute atomic E-state index is 14.0. The predicted molar refractivity (Wildman–Crippen MR) is 71.1 cm³/mol. The second kappa shape index (κ2) is 5.10. The molecule has 0 spiro atoms. The molecule has 100 valence electrons. The zero-order chi connectivity index (χ0) is 14.2. The SMILES string of the molecule is Cc1ccc(C(O)c2c(F)ccc(C)c2F)c(C)c1. The van der Waals surface area contributed by atoms with Crippen LogP contribution in [0.15, 0.2) is 30.3 Å². The fraction of sp³-hybridized carbons (Fsp3) is 0.250. The highest BCUT2D eigenvalue weighted by molar-refractivity contribution is 5.39. The molecule has 0 aliphatic carbocycles. The first-order valence-electron chi connectivity index (χ1n) is 6.11. The third kappa shape index (κ3) is 2.51. The van der Waals surface area contributed by atoms with Crippen LogP contribution in [0.4, 0.5) is 8.78 Å². The lowest BCUT2D eigenvalue weighted by Gasteiger charge is -2.17. The van der Waals surface area contributed by atoms with Gasteiger partial charge in [0.15, 0.2) is 0 Å². The van der Waals surface area contributed by atoms with Gasteiger partial charge in [0.2, 0.25) is 0 Å². The summed E-state index contributed by atoms with van der Waals surface area (Å²) in [5.74, 6) is -1.41. The number of halogens is 2. The number of hydrogen-bond acceptors (Lipinski definition) is 1. The van der Waals surface area contributed by atoms with Crippen LogP contribution in [0.3, 0.4) is 0 Å². The largest absolute Gasteiger partial charge is 0.383 e. The maximum Gasteiger partial charge on any atom is 0.135 e. The average molecular weight is 262 g/mol. The summed E-state index contributed by atoms with van der Waals surface area (Å²) in [5, 5.41) is 10.3. The molecule has 1 unspecified atom stereocenters. The van der Waals surface area contributed by atoms with Gasteiger partial charge in [-0.25, -0.2) is 8.78 Å². The van der Waals surface area contributed by atoms with Gasteiger partial charge in [0, 0.05) is 0 Å². The minimum absolute atomic E-state index is 0.285. The lowest BCUT2D eigenvalue weighted by molar-refractivity contribution is 0.208. The molecule has 0 saturated carbocycles. The van der Waals surface area contributed by atoms with Crippen molar-refractivity contribution < 1.29 is 13.9 Å². The molecule has 0 heterocycles. The van der Waals surface area contributed by atoms with E-state index in [2.05, 4.69) is 0 Å². The van der Waals surface area contributed by atoms with Crippen LogP contribution >= 0.6 is 0 Å². The van der Waals surface area contributed by atoms with Gasteiger partial charge in [0.1, 0.15) is 17.7 Å². The Labute approximate surface area is 111 Å². The summed E-state index contributed by atoms with van der Waals surface area (Å²) in [4.78, 5) is 0. The van der Waals surface area contributed by atoms with Crippen molar-refractivity contribution in [3.63, 3.8) is 0 Å². The van der Waals surface area contributed by atoms with E-state index in [-0.39, 0.29) is 5.56 Å². The molecule has 0 radical (unpaired) electrons. The standard InChI is InChI=1S/C16H16F2O/c1-9-4-6-12(11(3)8-9)16(19)14-13(17)7-5-10(2)15(14)18/h4-8,16,19H,1-3H3.